The van der Waals surface area contributed by atoms with Crippen LogP contribution in [0.25, 0.3) is 0 Å². The molecule has 2 N–H and O–H groups in total. The summed E-state index contributed by atoms with van der Waals surface area (Å²) in [6.07, 6.45) is 0. The Morgan fingerprint density at radius 1 is 1.46 bits per heavy atom. The zero-order chi connectivity index (χ0) is 9.14. The number of aryl methyl sites for hydroxylation is 1. The van der Waals surface area contributed by atoms with Crippen LogP contribution in [-0.4, -0.2) is 13.1 Å². The lowest BCUT2D eigenvalue weighted by Gasteiger charge is -2.14. The molecule has 0 fully saturated rings. The Balaban J connectivity index is 0.00000144. The van der Waals surface area contributed by atoms with Gasteiger partial charge in [-0.25, -0.2) is 4.79 Å². The van der Waals surface area contributed by atoms with Crippen molar-refractivity contribution in [3.05, 3.63) is 29.8 Å². The van der Waals surface area contributed by atoms with Crippen molar-refractivity contribution in [2.24, 2.45) is 5.73 Å². The Kier molecular flexibility index (Phi) is 4.28. The van der Waals surface area contributed by atoms with E-state index in [4.69, 9.17) is 5.73 Å². The molecule has 0 aliphatic rings. The Labute approximate surface area is 83.9 Å². The summed E-state index contributed by atoms with van der Waals surface area (Å²) in [6.45, 7) is 1.97. The highest BCUT2D eigenvalue weighted by Gasteiger charge is 2.04. The second-order valence-electron chi connectivity index (χ2n) is 2.74. The monoisotopic (exact) mass is 200 g/mol. The average molecular weight is 201 g/mol. The number of nitrogens with zero attached hydrogens (tertiary/aromatic N) is 1. The molecule has 4 heteroatoms. The standard InChI is InChI=1S/C9H12N2O.ClH/c1-7-4-3-5-8(6-7)11(2)9(10)12;/h3-6H,1-2H3,(H2,10,12);1H. The maximum absolute atomic E-state index is 10.8. The lowest BCUT2D eigenvalue weighted by atomic mass is 10.2. The third-order valence-corrected chi connectivity index (χ3v) is 1.72. The number of carbonyl (C=O) groups excluding carboxylic acids is 1. The number of urea groups is 1. The van der Waals surface area contributed by atoms with Crippen LogP contribution in [0.5, 0.6) is 0 Å². The summed E-state index contributed by atoms with van der Waals surface area (Å²) >= 11 is 0. The minimum Gasteiger partial charge on any atom is -0.351 e. The van der Waals surface area contributed by atoms with Crippen LogP contribution in [0.4, 0.5) is 10.5 Å². The van der Waals surface area contributed by atoms with Crippen molar-refractivity contribution < 1.29 is 4.79 Å². The van der Waals surface area contributed by atoms with Gasteiger partial charge in [0.1, 0.15) is 0 Å². The fraction of sp³-hybridized carbons (Fsp3) is 0.222. The van der Waals surface area contributed by atoms with Gasteiger partial charge in [-0.05, 0) is 24.6 Å². The molecule has 13 heavy (non-hydrogen) atoms. The quantitative estimate of drug-likeness (QED) is 0.740. The number of amides is 2. The molecule has 0 saturated heterocycles. The van der Waals surface area contributed by atoms with E-state index >= 15 is 0 Å². The van der Waals surface area contributed by atoms with E-state index < -0.39 is 6.03 Å². The van der Waals surface area contributed by atoms with Gasteiger partial charge in [0.15, 0.2) is 0 Å². The summed E-state index contributed by atoms with van der Waals surface area (Å²) in [5.41, 5.74) is 7.04. The molecule has 1 aromatic rings. The number of anilines is 1. The highest BCUT2D eigenvalue weighted by molar-refractivity contribution is 5.90. The highest BCUT2D eigenvalue weighted by Crippen LogP contribution is 2.13. The van der Waals surface area contributed by atoms with Gasteiger partial charge in [-0.2, -0.15) is 0 Å². The normalized spacial score (nSPS) is 8.77. The van der Waals surface area contributed by atoms with Gasteiger partial charge in [0.25, 0.3) is 0 Å². The molecule has 0 unspecified atom stereocenters. The first-order valence-electron chi connectivity index (χ1n) is 3.71. The van der Waals surface area contributed by atoms with E-state index in [9.17, 15) is 4.79 Å². The van der Waals surface area contributed by atoms with Gasteiger partial charge in [-0.15, -0.1) is 12.4 Å². The zero-order valence-corrected chi connectivity index (χ0v) is 8.47. The molecule has 2 amide bonds. The number of rotatable bonds is 1. The average Bonchev–Trinajstić information content (AvgIpc) is 2.03. The number of primary amides is 1. The van der Waals surface area contributed by atoms with Crippen LogP contribution in [0.3, 0.4) is 0 Å². The van der Waals surface area contributed by atoms with E-state index in [1.165, 1.54) is 4.90 Å². The number of benzene rings is 1. The fourth-order valence-electron chi connectivity index (χ4n) is 0.964. The van der Waals surface area contributed by atoms with Crippen LogP contribution in [0.1, 0.15) is 5.56 Å². The second kappa shape index (κ2) is 4.72. The summed E-state index contributed by atoms with van der Waals surface area (Å²) in [5, 5.41) is 0. The molecule has 3 nitrogen and oxygen atoms in total. The number of carbonyl (C=O) groups is 1. The van der Waals surface area contributed by atoms with Crippen molar-refractivity contribution in [3.8, 4) is 0 Å². The summed E-state index contributed by atoms with van der Waals surface area (Å²) in [5.74, 6) is 0. The smallest absolute Gasteiger partial charge is 0.318 e. The Morgan fingerprint density at radius 3 is 2.54 bits per heavy atom. The third kappa shape index (κ3) is 2.95. The summed E-state index contributed by atoms with van der Waals surface area (Å²) in [6, 6.07) is 7.17. The van der Waals surface area contributed by atoms with Gasteiger partial charge in [0, 0.05) is 12.7 Å². The van der Waals surface area contributed by atoms with Crippen LogP contribution in [0, 0.1) is 6.92 Å². The van der Waals surface area contributed by atoms with Gasteiger partial charge in [0.2, 0.25) is 0 Å². The molecule has 0 bridgehead atoms. The predicted molar refractivity (Wildman–Crippen MR) is 56.4 cm³/mol. The lowest BCUT2D eigenvalue weighted by molar-refractivity contribution is 0.255. The van der Waals surface area contributed by atoms with E-state index in [-0.39, 0.29) is 12.4 Å². The molecular formula is C9H13ClN2O. The minimum absolute atomic E-state index is 0. The molecule has 0 saturated carbocycles. The largest absolute Gasteiger partial charge is 0.351 e. The maximum atomic E-state index is 10.8. The summed E-state index contributed by atoms with van der Waals surface area (Å²) in [7, 11) is 1.65. The SMILES string of the molecule is Cc1cccc(N(C)C(N)=O)c1.Cl. The first-order chi connectivity index (χ1) is 5.61. The van der Waals surface area contributed by atoms with Crippen molar-refractivity contribution in [2.75, 3.05) is 11.9 Å². The van der Waals surface area contributed by atoms with E-state index in [1.54, 1.807) is 7.05 Å². The predicted octanol–water partition coefficient (Wildman–Crippen LogP) is 1.93. The fourth-order valence-corrected chi connectivity index (χ4v) is 0.964. The van der Waals surface area contributed by atoms with Crippen molar-refractivity contribution in [2.45, 2.75) is 6.92 Å². The van der Waals surface area contributed by atoms with Crippen LogP contribution < -0.4 is 10.6 Å². The van der Waals surface area contributed by atoms with Crippen LogP contribution >= 0.6 is 12.4 Å². The number of hydrogen-bond donors (Lipinski definition) is 1. The lowest BCUT2D eigenvalue weighted by Crippen LogP contribution is -2.31. The molecule has 0 spiro atoms. The molecule has 0 atom stereocenters. The van der Waals surface area contributed by atoms with Crippen LogP contribution in [0.15, 0.2) is 24.3 Å². The van der Waals surface area contributed by atoms with Gasteiger partial charge < -0.3 is 5.73 Å². The molecule has 0 aromatic heterocycles. The zero-order valence-electron chi connectivity index (χ0n) is 7.65. The summed E-state index contributed by atoms with van der Waals surface area (Å²) < 4.78 is 0. The Hall–Kier alpha value is -1.22. The van der Waals surface area contributed by atoms with Crippen LogP contribution in [0.2, 0.25) is 0 Å². The minimum atomic E-state index is -0.444. The van der Waals surface area contributed by atoms with E-state index in [2.05, 4.69) is 0 Å². The molecule has 72 valence electrons. The first-order valence-corrected chi connectivity index (χ1v) is 3.71. The van der Waals surface area contributed by atoms with Gasteiger partial charge in [0.05, 0.1) is 0 Å². The van der Waals surface area contributed by atoms with Gasteiger partial charge in [-0.3, -0.25) is 4.90 Å². The van der Waals surface area contributed by atoms with Gasteiger partial charge in [-0.1, -0.05) is 12.1 Å². The molecule has 1 rings (SSSR count). The number of hydrogen-bond acceptors (Lipinski definition) is 1. The highest BCUT2D eigenvalue weighted by atomic mass is 35.5. The van der Waals surface area contributed by atoms with Gasteiger partial charge >= 0.3 is 6.03 Å². The first kappa shape index (κ1) is 11.8. The Morgan fingerprint density at radius 2 is 2.08 bits per heavy atom. The summed E-state index contributed by atoms with van der Waals surface area (Å²) in [4.78, 5) is 12.2. The van der Waals surface area contributed by atoms with E-state index in [0.29, 0.717) is 0 Å². The topological polar surface area (TPSA) is 46.3 Å². The molecule has 0 aliphatic carbocycles. The van der Waals surface area contributed by atoms with Crippen molar-refractivity contribution in [1.82, 2.24) is 0 Å². The van der Waals surface area contributed by atoms with Crippen molar-refractivity contribution >= 4 is 24.1 Å². The number of halogens is 1. The van der Waals surface area contributed by atoms with Crippen LogP contribution in [-0.2, 0) is 0 Å². The molecule has 0 radical (unpaired) electrons. The van der Waals surface area contributed by atoms with Crippen molar-refractivity contribution in [1.29, 1.82) is 0 Å². The van der Waals surface area contributed by atoms with Crippen molar-refractivity contribution in [3.63, 3.8) is 0 Å². The molecule has 0 aliphatic heterocycles. The maximum Gasteiger partial charge on any atom is 0.318 e. The third-order valence-electron chi connectivity index (χ3n) is 1.72. The van der Waals surface area contributed by atoms with E-state index in [0.717, 1.165) is 11.3 Å². The number of nitrogens with two attached hydrogens (primary N) is 1. The Bertz CT molecular complexity index is 301. The second-order valence-corrected chi connectivity index (χ2v) is 2.74. The molecular weight excluding hydrogens is 188 g/mol. The van der Waals surface area contributed by atoms with E-state index in [1.807, 2.05) is 31.2 Å². The molecule has 0 heterocycles. The molecule has 1 aromatic carbocycles.